The van der Waals surface area contributed by atoms with Gasteiger partial charge in [-0.25, -0.2) is 0 Å². The van der Waals surface area contributed by atoms with Crippen molar-refractivity contribution in [2.45, 2.75) is 327 Å². The lowest BCUT2D eigenvalue weighted by atomic mass is 10.0. The number of unbranched alkanes of at least 4 members (excludes halogenated alkanes) is 41. The van der Waals surface area contributed by atoms with Crippen molar-refractivity contribution in [3.63, 3.8) is 0 Å². The van der Waals surface area contributed by atoms with Gasteiger partial charge in [0.25, 0.3) is 0 Å². The van der Waals surface area contributed by atoms with E-state index in [-0.39, 0.29) is 6.61 Å². The van der Waals surface area contributed by atoms with Gasteiger partial charge >= 0.3 is 0 Å². The molecule has 0 aliphatic heterocycles. The molecule has 3 atom stereocenters. The summed E-state index contributed by atoms with van der Waals surface area (Å²) in [6.45, 7) is 4.27. The molecule has 0 aliphatic rings. The van der Waals surface area contributed by atoms with Crippen molar-refractivity contribution >= 4 is 5.91 Å². The van der Waals surface area contributed by atoms with E-state index >= 15 is 0 Å². The minimum absolute atomic E-state index is 0.310. The van der Waals surface area contributed by atoms with Crippen molar-refractivity contribution in [1.29, 1.82) is 0 Å². The number of carbonyl (C=O) groups excluding carboxylic acids is 1. The van der Waals surface area contributed by atoms with Crippen LogP contribution in [-0.2, 0) is 4.79 Å². The van der Waals surface area contributed by atoms with E-state index in [1.54, 1.807) is 0 Å². The molecule has 3 unspecified atom stereocenters. The van der Waals surface area contributed by atoms with Crippen molar-refractivity contribution in [3.8, 4) is 0 Å². The molecule has 60 heavy (non-hydrogen) atoms. The predicted octanol–water partition coefficient (Wildman–Crippen LogP) is 16.7. The molecule has 0 radical (unpaired) electrons. The van der Waals surface area contributed by atoms with Crippen LogP contribution in [0.5, 0.6) is 0 Å². The fourth-order valence-electron chi connectivity index (χ4n) is 8.84. The Labute approximate surface area is 376 Å². The van der Waals surface area contributed by atoms with Crippen molar-refractivity contribution in [3.05, 3.63) is 12.2 Å². The second-order valence-corrected chi connectivity index (χ2v) is 19.1. The largest absolute Gasteiger partial charge is 0.394 e. The van der Waals surface area contributed by atoms with Crippen LogP contribution in [0.2, 0.25) is 0 Å². The van der Waals surface area contributed by atoms with Crippen molar-refractivity contribution in [2.75, 3.05) is 6.61 Å². The summed E-state index contributed by atoms with van der Waals surface area (Å²) < 4.78 is 0. The molecule has 0 aliphatic carbocycles. The van der Waals surface area contributed by atoms with Crippen LogP contribution in [0.1, 0.15) is 309 Å². The molecule has 0 rings (SSSR count). The first-order valence-electron chi connectivity index (χ1n) is 27.5. The molecule has 358 valence electrons. The Balaban J connectivity index is 3.53. The smallest absolute Gasteiger partial charge is 0.249 e. The molecule has 0 heterocycles. The zero-order valence-corrected chi connectivity index (χ0v) is 40.9. The Kier molecular flexibility index (Phi) is 50.0. The van der Waals surface area contributed by atoms with Crippen LogP contribution < -0.4 is 5.32 Å². The molecule has 0 aromatic rings. The van der Waals surface area contributed by atoms with Gasteiger partial charge in [-0.05, 0) is 38.5 Å². The number of hydrogen-bond donors (Lipinski definition) is 4. The maximum absolute atomic E-state index is 12.6. The van der Waals surface area contributed by atoms with Gasteiger partial charge in [0.2, 0.25) is 5.91 Å². The molecular formula is C55H109NO4. The van der Waals surface area contributed by atoms with E-state index in [0.29, 0.717) is 12.8 Å². The van der Waals surface area contributed by atoms with E-state index in [1.165, 1.54) is 250 Å². The van der Waals surface area contributed by atoms with Gasteiger partial charge in [-0.1, -0.05) is 283 Å². The van der Waals surface area contributed by atoms with E-state index in [4.69, 9.17) is 0 Å². The first kappa shape index (κ1) is 59.1. The fourth-order valence-corrected chi connectivity index (χ4v) is 8.84. The number of amides is 1. The third-order valence-corrected chi connectivity index (χ3v) is 13.1. The van der Waals surface area contributed by atoms with Crippen LogP contribution in [0.15, 0.2) is 12.2 Å². The Morgan fingerprint density at radius 1 is 0.383 bits per heavy atom. The first-order valence-corrected chi connectivity index (χ1v) is 27.5. The summed E-state index contributed by atoms with van der Waals surface area (Å²) in [6.07, 6.45) is 62.5. The van der Waals surface area contributed by atoms with E-state index in [1.807, 2.05) is 0 Å². The lowest BCUT2D eigenvalue weighted by Gasteiger charge is -2.23. The number of aliphatic hydroxyl groups excluding tert-OH is 3. The quantitative estimate of drug-likeness (QED) is 0.0363. The second kappa shape index (κ2) is 50.7. The minimum atomic E-state index is -1.07. The normalized spacial score (nSPS) is 13.3. The lowest BCUT2D eigenvalue weighted by molar-refractivity contribution is -0.131. The average molecular weight is 848 g/mol. The summed E-state index contributed by atoms with van der Waals surface area (Å²) in [5, 5.41) is 33.5. The van der Waals surface area contributed by atoms with E-state index in [9.17, 15) is 20.1 Å². The van der Waals surface area contributed by atoms with Crippen molar-refractivity contribution in [2.24, 2.45) is 0 Å². The fraction of sp³-hybridized carbons (Fsp3) is 0.945. The van der Waals surface area contributed by atoms with Crippen LogP contribution in [0.4, 0.5) is 0 Å². The Hall–Kier alpha value is -0.910. The Bertz CT molecular complexity index is 848. The molecule has 0 saturated carbocycles. The van der Waals surface area contributed by atoms with E-state index < -0.39 is 24.2 Å². The van der Waals surface area contributed by atoms with Gasteiger partial charge in [0.15, 0.2) is 0 Å². The predicted molar refractivity (Wildman–Crippen MR) is 264 cm³/mol. The molecule has 0 fully saturated rings. The maximum atomic E-state index is 12.6. The number of carbonyl (C=O) groups is 1. The summed E-state index contributed by atoms with van der Waals surface area (Å²) in [4.78, 5) is 12.6. The highest BCUT2D eigenvalue weighted by molar-refractivity contribution is 5.80. The van der Waals surface area contributed by atoms with Gasteiger partial charge in [-0.2, -0.15) is 0 Å². The van der Waals surface area contributed by atoms with Crippen molar-refractivity contribution in [1.82, 2.24) is 5.32 Å². The van der Waals surface area contributed by atoms with Gasteiger partial charge in [0.1, 0.15) is 6.10 Å². The maximum Gasteiger partial charge on any atom is 0.249 e. The lowest BCUT2D eigenvalue weighted by Crippen LogP contribution is -2.49. The SMILES string of the molecule is CCCCCCCCCCCCCC/C=C\CCCCCCCCCCCCC(O)C(=O)NC(CO)C(O)CCCCCCCCCCCCCCCCCCCCCC. The van der Waals surface area contributed by atoms with Crippen LogP contribution in [0, 0.1) is 0 Å². The molecule has 0 spiro atoms. The summed E-state index contributed by atoms with van der Waals surface area (Å²) in [5.74, 6) is -0.466. The molecule has 4 N–H and O–H groups in total. The minimum Gasteiger partial charge on any atom is -0.394 e. The first-order chi connectivity index (χ1) is 29.6. The molecule has 1 amide bonds. The van der Waals surface area contributed by atoms with Crippen LogP contribution in [-0.4, -0.2) is 46.1 Å². The van der Waals surface area contributed by atoms with Crippen molar-refractivity contribution < 1.29 is 20.1 Å². The number of nitrogens with one attached hydrogen (secondary N) is 1. The second-order valence-electron chi connectivity index (χ2n) is 19.1. The molecule has 0 aromatic carbocycles. The van der Waals surface area contributed by atoms with Gasteiger partial charge < -0.3 is 20.6 Å². The van der Waals surface area contributed by atoms with Gasteiger partial charge in [-0.3, -0.25) is 4.79 Å². The molecule has 5 heteroatoms. The summed E-state index contributed by atoms with van der Waals surface area (Å²) in [7, 11) is 0. The Morgan fingerprint density at radius 3 is 0.917 bits per heavy atom. The molecule has 0 aromatic heterocycles. The van der Waals surface area contributed by atoms with E-state index in [0.717, 1.165) is 32.1 Å². The summed E-state index contributed by atoms with van der Waals surface area (Å²) in [5.41, 5.74) is 0. The number of rotatable bonds is 51. The highest BCUT2D eigenvalue weighted by atomic mass is 16.3. The summed E-state index contributed by atoms with van der Waals surface area (Å²) in [6, 6.07) is -0.710. The van der Waals surface area contributed by atoms with Gasteiger partial charge in [-0.15, -0.1) is 0 Å². The van der Waals surface area contributed by atoms with Gasteiger partial charge in [0, 0.05) is 0 Å². The average Bonchev–Trinajstić information content (AvgIpc) is 3.25. The topological polar surface area (TPSA) is 89.8 Å². The third-order valence-electron chi connectivity index (χ3n) is 13.1. The van der Waals surface area contributed by atoms with Crippen LogP contribution in [0.25, 0.3) is 0 Å². The van der Waals surface area contributed by atoms with E-state index in [2.05, 4.69) is 31.3 Å². The zero-order valence-electron chi connectivity index (χ0n) is 40.9. The number of hydrogen-bond acceptors (Lipinski definition) is 4. The summed E-state index contributed by atoms with van der Waals surface area (Å²) >= 11 is 0. The monoisotopic (exact) mass is 848 g/mol. The highest BCUT2D eigenvalue weighted by Gasteiger charge is 2.23. The number of allylic oxidation sites excluding steroid dienone is 2. The standard InChI is InChI=1S/C55H109NO4/c1-3-5-7-9-11-13-15-17-19-21-23-25-26-27-28-29-30-32-34-36-38-40-42-44-46-48-50-54(59)55(60)56-52(51-57)53(58)49-47-45-43-41-39-37-35-33-31-24-22-20-18-16-14-12-10-8-6-4-2/h27-28,52-54,57-59H,3-26,29-51H2,1-2H3,(H,56,60)/b28-27-. The zero-order chi connectivity index (χ0) is 43.7. The Morgan fingerprint density at radius 2 is 0.633 bits per heavy atom. The molecule has 0 saturated heterocycles. The third kappa shape index (κ3) is 45.1. The van der Waals surface area contributed by atoms with Gasteiger partial charge in [0.05, 0.1) is 18.8 Å². The molecule has 0 bridgehead atoms. The van der Waals surface area contributed by atoms with Crippen LogP contribution >= 0.6 is 0 Å². The number of aliphatic hydroxyl groups is 3. The molecular weight excluding hydrogens is 739 g/mol. The highest BCUT2D eigenvalue weighted by Crippen LogP contribution is 2.18. The van der Waals surface area contributed by atoms with Crippen LogP contribution in [0.3, 0.4) is 0 Å². The molecule has 5 nitrogen and oxygen atoms in total.